The number of fused-ring (bicyclic) bond motifs is 2. The van der Waals surface area contributed by atoms with E-state index in [0.29, 0.717) is 19.5 Å². The normalized spacial score (nSPS) is 12.7. The Morgan fingerprint density at radius 3 is 2.96 bits per heavy atom. The summed E-state index contributed by atoms with van der Waals surface area (Å²) in [5.74, 6) is 1.44. The third-order valence-corrected chi connectivity index (χ3v) is 4.49. The predicted octanol–water partition coefficient (Wildman–Crippen LogP) is 2.00. The summed E-state index contributed by atoms with van der Waals surface area (Å²) in [6.45, 7) is 6.03. The molecule has 1 N–H and O–H groups in total. The number of nitrogens with one attached hydrogen (secondary N) is 1. The largest absolute Gasteiger partial charge is 0.454 e. The number of hydrogen-bond donors (Lipinski definition) is 1. The maximum atomic E-state index is 12.2. The van der Waals surface area contributed by atoms with Gasteiger partial charge in [0.2, 0.25) is 12.7 Å². The van der Waals surface area contributed by atoms with Crippen LogP contribution in [-0.4, -0.2) is 32.3 Å². The van der Waals surface area contributed by atoms with E-state index in [1.165, 1.54) is 0 Å². The number of rotatable bonds is 6. The Morgan fingerprint density at radius 2 is 2.12 bits per heavy atom. The Hall–Kier alpha value is -3.03. The number of carbonyl (C=O) groups is 1. The Kier molecular flexibility index (Phi) is 4.24. The van der Waals surface area contributed by atoms with Crippen LogP contribution in [0.5, 0.6) is 11.5 Å². The van der Waals surface area contributed by atoms with Crippen molar-refractivity contribution in [2.45, 2.75) is 39.9 Å². The van der Waals surface area contributed by atoms with Gasteiger partial charge in [-0.1, -0.05) is 6.07 Å². The van der Waals surface area contributed by atoms with E-state index in [1.54, 1.807) is 0 Å². The monoisotopic (exact) mass is 355 g/mol. The zero-order valence-corrected chi connectivity index (χ0v) is 14.9. The van der Waals surface area contributed by atoms with E-state index in [9.17, 15) is 4.79 Å². The van der Waals surface area contributed by atoms with Crippen LogP contribution in [0.3, 0.4) is 0 Å². The van der Waals surface area contributed by atoms with Gasteiger partial charge in [0.25, 0.3) is 0 Å². The minimum Gasteiger partial charge on any atom is -0.454 e. The quantitative estimate of drug-likeness (QED) is 0.731. The van der Waals surface area contributed by atoms with Crippen LogP contribution in [0.4, 0.5) is 0 Å². The minimum absolute atomic E-state index is 0.0214. The highest BCUT2D eigenvalue weighted by Crippen LogP contribution is 2.32. The van der Waals surface area contributed by atoms with Crippen LogP contribution >= 0.6 is 0 Å². The van der Waals surface area contributed by atoms with Gasteiger partial charge in [-0.05, 0) is 31.5 Å². The summed E-state index contributed by atoms with van der Waals surface area (Å²) in [5, 5.41) is 11.8. The fourth-order valence-corrected chi connectivity index (χ4v) is 3.18. The van der Waals surface area contributed by atoms with E-state index in [1.807, 2.05) is 47.6 Å². The van der Waals surface area contributed by atoms with Crippen LogP contribution in [0.1, 0.15) is 24.6 Å². The molecule has 0 aliphatic carbocycles. The fourth-order valence-electron chi connectivity index (χ4n) is 3.18. The van der Waals surface area contributed by atoms with E-state index < -0.39 is 0 Å². The predicted molar refractivity (Wildman–Crippen MR) is 95.0 cm³/mol. The summed E-state index contributed by atoms with van der Waals surface area (Å²) in [7, 11) is 0. The zero-order valence-electron chi connectivity index (χ0n) is 14.9. The van der Waals surface area contributed by atoms with E-state index in [-0.39, 0.29) is 12.7 Å². The van der Waals surface area contributed by atoms with Gasteiger partial charge in [0.15, 0.2) is 11.5 Å². The van der Waals surface area contributed by atoms with Gasteiger partial charge in [-0.2, -0.15) is 10.2 Å². The van der Waals surface area contributed by atoms with Gasteiger partial charge in [0, 0.05) is 19.5 Å². The van der Waals surface area contributed by atoms with Gasteiger partial charge in [0.1, 0.15) is 11.0 Å². The lowest BCUT2D eigenvalue weighted by Crippen LogP contribution is -2.24. The SMILES string of the molecule is CCn1nc(C)c2c1cnn2CCC(=O)NCc1ccc2c(c1)OCO2. The first kappa shape index (κ1) is 16.4. The number of aryl methyl sites for hydroxylation is 3. The van der Waals surface area contributed by atoms with Crippen molar-refractivity contribution < 1.29 is 14.3 Å². The molecule has 26 heavy (non-hydrogen) atoms. The number of ether oxygens (including phenoxy) is 2. The molecule has 0 fully saturated rings. The van der Waals surface area contributed by atoms with Gasteiger partial charge >= 0.3 is 0 Å². The van der Waals surface area contributed by atoms with E-state index in [4.69, 9.17) is 9.47 Å². The first-order chi connectivity index (χ1) is 12.7. The molecule has 0 saturated carbocycles. The molecule has 136 valence electrons. The van der Waals surface area contributed by atoms with Crippen molar-refractivity contribution in [1.82, 2.24) is 24.9 Å². The third kappa shape index (κ3) is 2.98. The number of amides is 1. The second kappa shape index (κ2) is 6.70. The molecule has 4 rings (SSSR count). The van der Waals surface area contributed by atoms with Crippen LogP contribution in [0, 0.1) is 6.92 Å². The van der Waals surface area contributed by atoms with E-state index in [0.717, 1.165) is 40.3 Å². The lowest BCUT2D eigenvalue weighted by molar-refractivity contribution is -0.121. The molecule has 8 heteroatoms. The summed E-state index contributed by atoms with van der Waals surface area (Å²) in [4.78, 5) is 12.2. The highest BCUT2D eigenvalue weighted by molar-refractivity contribution is 5.78. The zero-order chi connectivity index (χ0) is 18.1. The van der Waals surface area contributed by atoms with Gasteiger partial charge in [-0.25, -0.2) is 0 Å². The maximum Gasteiger partial charge on any atom is 0.231 e. The summed E-state index contributed by atoms with van der Waals surface area (Å²) in [5.41, 5.74) is 3.91. The van der Waals surface area contributed by atoms with Crippen molar-refractivity contribution in [3.05, 3.63) is 35.7 Å². The van der Waals surface area contributed by atoms with Crippen molar-refractivity contribution in [3.63, 3.8) is 0 Å². The van der Waals surface area contributed by atoms with Gasteiger partial charge < -0.3 is 14.8 Å². The molecule has 1 aliphatic heterocycles. The fraction of sp³-hybridized carbons (Fsp3) is 0.389. The molecule has 0 saturated heterocycles. The van der Waals surface area contributed by atoms with Crippen LogP contribution < -0.4 is 14.8 Å². The number of carbonyl (C=O) groups excluding carboxylic acids is 1. The van der Waals surface area contributed by atoms with Crippen molar-refractivity contribution in [2.24, 2.45) is 0 Å². The number of nitrogens with zero attached hydrogens (tertiary/aromatic N) is 4. The highest BCUT2D eigenvalue weighted by Gasteiger charge is 2.15. The Morgan fingerprint density at radius 1 is 1.27 bits per heavy atom. The molecule has 0 unspecified atom stereocenters. The first-order valence-corrected chi connectivity index (χ1v) is 8.70. The van der Waals surface area contributed by atoms with E-state index in [2.05, 4.69) is 15.5 Å². The van der Waals surface area contributed by atoms with Crippen molar-refractivity contribution in [3.8, 4) is 11.5 Å². The molecule has 0 bridgehead atoms. The molecule has 1 aliphatic rings. The molecule has 3 aromatic rings. The second-order valence-electron chi connectivity index (χ2n) is 6.22. The summed E-state index contributed by atoms with van der Waals surface area (Å²) >= 11 is 0. The summed E-state index contributed by atoms with van der Waals surface area (Å²) in [6, 6.07) is 5.67. The minimum atomic E-state index is -0.0214. The Labute approximate surface area is 150 Å². The van der Waals surface area contributed by atoms with Crippen LogP contribution in [0.15, 0.2) is 24.4 Å². The average molecular weight is 355 g/mol. The van der Waals surface area contributed by atoms with Crippen LogP contribution in [0.2, 0.25) is 0 Å². The van der Waals surface area contributed by atoms with Crippen molar-refractivity contribution in [1.29, 1.82) is 0 Å². The number of aromatic nitrogens is 4. The summed E-state index contributed by atoms with van der Waals surface area (Å²) in [6.07, 6.45) is 2.17. The second-order valence-corrected chi connectivity index (χ2v) is 6.22. The van der Waals surface area contributed by atoms with Gasteiger partial charge in [-0.15, -0.1) is 0 Å². The maximum absolute atomic E-state index is 12.2. The molecule has 1 amide bonds. The third-order valence-electron chi connectivity index (χ3n) is 4.49. The molecular formula is C18H21N5O3. The number of benzene rings is 1. The lowest BCUT2D eigenvalue weighted by Gasteiger charge is -2.07. The molecule has 3 heterocycles. The van der Waals surface area contributed by atoms with Crippen molar-refractivity contribution >= 4 is 16.9 Å². The molecule has 8 nitrogen and oxygen atoms in total. The smallest absolute Gasteiger partial charge is 0.231 e. The van der Waals surface area contributed by atoms with Gasteiger partial charge in [0.05, 0.1) is 18.4 Å². The standard InChI is InChI=1S/C18H21N5O3/c1-3-22-14-10-20-23(18(14)12(2)21-22)7-6-17(24)19-9-13-4-5-15-16(8-13)26-11-25-15/h4-5,8,10H,3,6-7,9,11H2,1-2H3,(H,19,24). The van der Waals surface area contributed by atoms with Crippen LogP contribution in [0.25, 0.3) is 11.0 Å². The average Bonchev–Trinajstić information content (AvgIpc) is 3.34. The molecule has 0 radical (unpaired) electrons. The molecule has 1 aromatic carbocycles. The molecule has 0 spiro atoms. The number of hydrogen-bond acceptors (Lipinski definition) is 5. The Balaban J connectivity index is 1.35. The van der Waals surface area contributed by atoms with Crippen LogP contribution in [-0.2, 0) is 24.4 Å². The Bertz CT molecular complexity index is 959. The molecule has 0 atom stereocenters. The molecular weight excluding hydrogens is 334 g/mol. The first-order valence-electron chi connectivity index (χ1n) is 8.70. The van der Waals surface area contributed by atoms with E-state index >= 15 is 0 Å². The lowest BCUT2D eigenvalue weighted by atomic mass is 10.2. The highest BCUT2D eigenvalue weighted by atomic mass is 16.7. The molecule has 2 aromatic heterocycles. The topological polar surface area (TPSA) is 83.2 Å². The van der Waals surface area contributed by atoms with Gasteiger partial charge in [-0.3, -0.25) is 14.2 Å². The van der Waals surface area contributed by atoms with Crippen molar-refractivity contribution in [2.75, 3.05) is 6.79 Å². The summed E-state index contributed by atoms with van der Waals surface area (Å²) < 4.78 is 14.4.